The summed E-state index contributed by atoms with van der Waals surface area (Å²) in [5.74, 6) is 0. The third kappa shape index (κ3) is 2.29. The van der Waals surface area contributed by atoms with Gasteiger partial charge in [0.15, 0.2) is 0 Å². The summed E-state index contributed by atoms with van der Waals surface area (Å²) in [6.07, 6.45) is 0. The van der Waals surface area contributed by atoms with Gasteiger partial charge in [0.1, 0.15) is 0 Å². The standard InChI is InChI=1S/C8H21NO2Si/c1-7-9-12(10-5,11-6)8(2,3)4/h9H,7H2,1-6H3. The highest BCUT2D eigenvalue weighted by molar-refractivity contribution is 6.67. The minimum atomic E-state index is -2.20. The van der Waals surface area contributed by atoms with Crippen molar-refractivity contribution in [2.45, 2.75) is 32.7 Å². The van der Waals surface area contributed by atoms with E-state index < -0.39 is 8.72 Å². The molecule has 0 aromatic heterocycles. The predicted octanol–water partition coefficient (Wildman–Crippen LogP) is 1.63. The molecule has 0 rings (SSSR count). The molecule has 0 saturated heterocycles. The molecule has 0 aromatic rings. The molecule has 4 heteroatoms. The number of rotatable bonds is 4. The van der Waals surface area contributed by atoms with Gasteiger partial charge in [-0.25, -0.2) is 0 Å². The zero-order chi connectivity index (χ0) is 9.83. The van der Waals surface area contributed by atoms with E-state index in [2.05, 4.69) is 32.7 Å². The average molecular weight is 191 g/mol. The van der Waals surface area contributed by atoms with Crippen molar-refractivity contribution in [2.24, 2.45) is 0 Å². The highest BCUT2D eigenvalue weighted by Gasteiger charge is 2.48. The number of hydrogen-bond donors (Lipinski definition) is 1. The van der Waals surface area contributed by atoms with E-state index in [1.165, 1.54) is 0 Å². The SMILES string of the molecule is CCN[Si](OC)(OC)C(C)(C)C. The van der Waals surface area contributed by atoms with Crippen LogP contribution in [-0.2, 0) is 8.85 Å². The maximum atomic E-state index is 5.50. The van der Waals surface area contributed by atoms with Crippen molar-refractivity contribution >= 4 is 8.72 Å². The fourth-order valence-electron chi connectivity index (χ4n) is 1.34. The van der Waals surface area contributed by atoms with Gasteiger partial charge >= 0.3 is 8.72 Å². The Balaban J connectivity index is 4.57. The summed E-state index contributed by atoms with van der Waals surface area (Å²) >= 11 is 0. The molecule has 0 aromatic carbocycles. The molecule has 0 atom stereocenters. The molecular weight excluding hydrogens is 170 g/mol. The van der Waals surface area contributed by atoms with Crippen molar-refractivity contribution in [3.8, 4) is 0 Å². The molecule has 0 saturated carbocycles. The Morgan fingerprint density at radius 1 is 1.17 bits per heavy atom. The Morgan fingerprint density at radius 3 is 1.67 bits per heavy atom. The van der Waals surface area contributed by atoms with E-state index in [0.717, 1.165) is 6.54 Å². The van der Waals surface area contributed by atoms with Crippen molar-refractivity contribution in [2.75, 3.05) is 20.8 Å². The van der Waals surface area contributed by atoms with Gasteiger partial charge in [0.2, 0.25) is 0 Å². The molecule has 0 fully saturated rings. The van der Waals surface area contributed by atoms with Crippen molar-refractivity contribution in [3.63, 3.8) is 0 Å². The van der Waals surface area contributed by atoms with Crippen LogP contribution < -0.4 is 4.98 Å². The van der Waals surface area contributed by atoms with Gasteiger partial charge in [0, 0.05) is 19.3 Å². The van der Waals surface area contributed by atoms with Crippen LogP contribution in [0.1, 0.15) is 27.7 Å². The highest BCUT2D eigenvalue weighted by atomic mass is 28.4. The Hall–Kier alpha value is 0.0969. The highest BCUT2D eigenvalue weighted by Crippen LogP contribution is 2.34. The molecular formula is C8H21NO2Si. The molecule has 0 bridgehead atoms. The lowest BCUT2D eigenvalue weighted by Gasteiger charge is -2.38. The van der Waals surface area contributed by atoms with Gasteiger partial charge in [-0.05, 0) is 6.54 Å². The van der Waals surface area contributed by atoms with Crippen LogP contribution in [0.15, 0.2) is 0 Å². The molecule has 1 N–H and O–H groups in total. The van der Waals surface area contributed by atoms with E-state index >= 15 is 0 Å². The van der Waals surface area contributed by atoms with Gasteiger partial charge in [-0.1, -0.05) is 27.7 Å². The molecule has 0 unspecified atom stereocenters. The smallest absolute Gasteiger partial charge is 0.386 e. The number of hydrogen-bond acceptors (Lipinski definition) is 3. The summed E-state index contributed by atoms with van der Waals surface area (Å²) in [4.78, 5) is 3.33. The van der Waals surface area contributed by atoms with Crippen molar-refractivity contribution in [1.82, 2.24) is 4.98 Å². The summed E-state index contributed by atoms with van der Waals surface area (Å²) in [6.45, 7) is 9.34. The zero-order valence-electron chi connectivity index (χ0n) is 9.02. The Labute approximate surface area is 76.8 Å². The first-order valence-electron chi connectivity index (χ1n) is 4.29. The second-order valence-electron chi connectivity index (χ2n) is 3.81. The fourth-order valence-corrected chi connectivity index (χ4v) is 4.01. The van der Waals surface area contributed by atoms with E-state index in [0.29, 0.717) is 0 Å². The summed E-state index contributed by atoms with van der Waals surface area (Å²) in [7, 11) is 1.23. The second-order valence-corrected chi connectivity index (χ2v) is 7.71. The van der Waals surface area contributed by atoms with E-state index in [-0.39, 0.29) is 5.04 Å². The summed E-state index contributed by atoms with van der Waals surface area (Å²) in [6, 6.07) is 0. The van der Waals surface area contributed by atoms with Crippen LogP contribution in [0.25, 0.3) is 0 Å². The van der Waals surface area contributed by atoms with Crippen molar-refractivity contribution in [1.29, 1.82) is 0 Å². The molecule has 0 aliphatic rings. The summed E-state index contributed by atoms with van der Waals surface area (Å²) in [5, 5.41) is 0.0481. The first-order valence-corrected chi connectivity index (χ1v) is 6.10. The third-order valence-electron chi connectivity index (χ3n) is 1.97. The topological polar surface area (TPSA) is 30.5 Å². The molecule has 0 amide bonds. The lowest BCUT2D eigenvalue weighted by molar-refractivity contribution is 0.200. The van der Waals surface area contributed by atoms with Crippen LogP contribution in [0.3, 0.4) is 0 Å². The molecule has 0 heterocycles. The third-order valence-corrected chi connectivity index (χ3v) is 5.92. The Kier molecular flexibility index (Phi) is 4.40. The van der Waals surface area contributed by atoms with Gasteiger partial charge in [0.25, 0.3) is 0 Å². The molecule has 0 spiro atoms. The lowest BCUT2D eigenvalue weighted by Crippen LogP contribution is -2.61. The first-order chi connectivity index (χ1) is 5.43. The summed E-state index contributed by atoms with van der Waals surface area (Å²) in [5.41, 5.74) is 0. The van der Waals surface area contributed by atoms with Crippen LogP contribution in [0.5, 0.6) is 0 Å². The van der Waals surface area contributed by atoms with E-state index in [1.54, 1.807) is 14.2 Å². The quantitative estimate of drug-likeness (QED) is 0.685. The maximum absolute atomic E-state index is 5.50. The monoisotopic (exact) mass is 191 g/mol. The normalized spacial score (nSPS) is 13.5. The minimum absolute atomic E-state index is 0.0481. The molecule has 0 aliphatic heterocycles. The molecule has 0 radical (unpaired) electrons. The average Bonchev–Trinajstić information content (AvgIpc) is 1.98. The number of nitrogens with one attached hydrogen (secondary N) is 1. The van der Waals surface area contributed by atoms with E-state index in [4.69, 9.17) is 8.85 Å². The van der Waals surface area contributed by atoms with Crippen LogP contribution in [0, 0.1) is 0 Å². The largest absolute Gasteiger partial charge is 0.430 e. The van der Waals surface area contributed by atoms with Gasteiger partial charge in [-0.2, -0.15) is 0 Å². The van der Waals surface area contributed by atoms with E-state index in [1.807, 2.05) is 0 Å². The van der Waals surface area contributed by atoms with Crippen LogP contribution in [-0.4, -0.2) is 29.5 Å². The zero-order valence-corrected chi connectivity index (χ0v) is 10.0. The van der Waals surface area contributed by atoms with Crippen LogP contribution in [0.2, 0.25) is 5.04 Å². The Bertz CT molecular complexity index is 130. The predicted molar refractivity (Wildman–Crippen MR) is 53.2 cm³/mol. The molecule has 74 valence electrons. The van der Waals surface area contributed by atoms with E-state index in [9.17, 15) is 0 Å². The van der Waals surface area contributed by atoms with Crippen molar-refractivity contribution in [3.05, 3.63) is 0 Å². The van der Waals surface area contributed by atoms with Crippen LogP contribution in [0.4, 0.5) is 0 Å². The molecule has 0 aliphatic carbocycles. The first kappa shape index (κ1) is 12.1. The minimum Gasteiger partial charge on any atom is -0.386 e. The van der Waals surface area contributed by atoms with Gasteiger partial charge < -0.3 is 8.85 Å². The van der Waals surface area contributed by atoms with Gasteiger partial charge in [-0.15, -0.1) is 0 Å². The molecule has 12 heavy (non-hydrogen) atoms. The maximum Gasteiger partial charge on any atom is 0.430 e. The molecule has 3 nitrogen and oxygen atoms in total. The van der Waals surface area contributed by atoms with Crippen LogP contribution >= 0.6 is 0 Å². The second kappa shape index (κ2) is 4.37. The summed E-state index contributed by atoms with van der Waals surface area (Å²) < 4.78 is 11.0. The van der Waals surface area contributed by atoms with Crippen molar-refractivity contribution < 1.29 is 8.85 Å². The fraction of sp³-hybridized carbons (Fsp3) is 1.00. The van der Waals surface area contributed by atoms with Gasteiger partial charge in [0.05, 0.1) is 0 Å². The van der Waals surface area contributed by atoms with Gasteiger partial charge in [-0.3, -0.25) is 4.98 Å². The lowest BCUT2D eigenvalue weighted by atomic mass is 10.3. The Morgan fingerprint density at radius 2 is 1.58 bits per heavy atom.